The third-order valence-corrected chi connectivity index (χ3v) is 4.58. The van der Waals surface area contributed by atoms with Crippen molar-refractivity contribution in [1.82, 2.24) is 0 Å². The van der Waals surface area contributed by atoms with E-state index in [1.807, 2.05) is 0 Å². The smallest absolute Gasteiger partial charge is 0.307 e. The predicted molar refractivity (Wildman–Crippen MR) is 59.6 cm³/mol. The maximum atomic E-state index is 11.1. The molecular formula is C13H22O2. The standard InChI is InChI=1S/C13H22O2/c1-13(2)10(11(13)12(14)15)9-7-5-3-4-6-8-9/h9-11H,3-8H2,1-2H3,(H,14,15). The van der Waals surface area contributed by atoms with Crippen molar-refractivity contribution in [3.8, 4) is 0 Å². The zero-order valence-electron chi connectivity index (χ0n) is 9.83. The van der Waals surface area contributed by atoms with Gasteiger partial charge in [0.2, 0.25) is 0 Å². The maximum Gasteiger partial charge on any atom is 0.307 e. The summed E-state index contributed by atoms with van der Waals surface area (Å²) in [6.07, 6.45) is 7.84. The molecule has 0 aromatic rings. The van der Waals surface area contributed by atoms with Gasteiger partial charge in [-0.15, -0.1) is 0 Å². The van der Waals surface area contributed by atoms with Crippen molar-refractivity contribution in [3.63, 3.8) is 0 Å². The highest BCUT2D eigenvalue weighted by Crippen LogP contribution is 2.63. The average Bonchev–Trinajstić information content (AvgIpc) is 2.78. The fourth-order valence-corrected chi connectivity index (χ4v) is 3.70. The third-order valence-electron chi connectivity index (χ3n) is 4.58. The molecule has 15 heavy (non-hydrogen) atoms. The van der Waals surface area contributed by atoms with Crippen molar-refractivity contribution in [3.05, 3.63) is 0 Å². The Kier molecular flexibility index (Phi) is 2.78. The van der Waals surface area contributed by atoms with Gasteiger partial charge in [-0.2, -0.15) is 0 Å². The molecule has 1 N–H and O–H groups in total. The van der Waals surface area contributed by atoms with E-state index in [1.165, 1.54) is 38.5 Å². The summed E-state index contributed by atoms with van der Waals surface area (Å²) in [5, 5.41) is 9.16. The van der Waals surface area contributed by atoms with E-state index in [2.05, 4.69) is 13.8 Å². The van der Waals surface area contributed by atoms with E-state index in [0.717, 1.165) is 0 Å². The van der Waals surface area contributed by atoms with Crippen molar-refractivity contribution < 1.29 is 9.90 Å². The minimum Gasteiger partial charge on any atom is -0.481 e. The summed E-state index contributed by atoms with van der Waals surface area (Å²) < 4.78 is 0. The monoisotopic (exact) mass is 210 g/mol. The van der Waals surface area contributed by atoms with Gasteiger partial charge in [-0.25, -0.2) is 0 Å². The van der Waals surface area contributed by atoms with E-state index in [9.17, 15) is 4.79 Å². The fourth-order valence-electron chi connectivity index (χ4n) is 3.70. The Labute approximate surface area is 92.1 Å². The van der Waals surface area contributed by atoms with Crippen LogP contribution in [0.3, 0.4) is 0 Å². The highest BCUT2D eigenvalue weighted by molar-refractivity contribution is 5.75. The first-order valence-electron chi connectivity index (χ1n) is 6.28. The van der Waals surface area contributed by atoms with Crippen LogP contribution in [0.25, 0.3) is 0 Å². The number of carboxylic acids is 1. The van der Waals surface area contributed by atoms with Crippen molar-refractivity contribution in [2.75, 3.05) is 0 Å². The van der Waals surface area contributed by atoms with Crippen LogP contribution in [0.2, 0.25) is 0 Å². The van der Waals surface area contributed by atoms with Gasteiger partial charge in [0.25, 0.3) is 0 Å². The highest BCUT2D eigenvalue weighted by Gasteiger charge is 2.64. The van der Waals surface area contributed by atoms with E-state index in [1.54, 1.807) is 0 Å². The van der Waals surface area contributed by atoms with E-state index >= 15 is 0 Å². The molecular weight excluding hydrogens is 188 g/mol. The minimum atomic E-state index is -0.575. The fraction of sp³-hybridized carbons (Fsp3) is 0.923. The molecule has 0 bridgehead atoms. The highest BCUT2D eigenvalue weighted by atomic mass is 16.4. The predicted octanol–water partition coefficient (Wildman–Crippen LogP) is 3.31. The Morgan fingerprint density at radius 3 is 2.07 bits per heavy atom. The van der Waals surface area contributed by atoms with Crippen molar-refractivity contribution >= 4 is 5.97 Å². The molecule has 2 nitrogen and oxygen atoms in total. The topological polar surface area (TPSA) is 37.3 Å². The lowest BCUT2D eigenvalue weighted by molar-refractivity contribution is -0.139. The van der Waals surface area contributed by atoms with Crippen LogP contribution in [0.5, 0.6) is 0 Å². The Morgan fingerprint density at radius 2 is 1.67 bits per heavy atom. The molecule has 0 radical (unpaired) electrons. The van der Waals surface area contributed by atoms with Crippen LogP contribution >= 0.6 is 0 Å². The molecule has 0 aromatic heterocycles. The van der Waals surface area contributed by atoms with Crippen LogP contribution < -0.4 is 0 Å². The Balaban J connectivity index is 2.02. The molecule has 0 amide bonds. The molecule has 2 aliphatic rings. The summed E-state index contributed by atoms with van der Waals surface area (Å²) in [6, 6.07) is 0. The summed E-state index contributed by atoms with van der Waals surface area (Å²) in [4.78, 5) is 11.1. The summed E-state index contributed by atoms with van der Waals surface area (Å²) in [6.45, 7) is 4.25. The zero-order chi connectivity index (χ0) is 11.1. The van der Waals surface area contributed by atoms with Gasteiger partial charge in [0.15, 0.2) is 0 Å². The summed E-state index contributed by atoms with van der Waals surface area (Å²) >= 11 is 0. The van der Waals surface area contributed by atoms with Gasteiger partial charge in [0, 0.05) is 0 Å². The molecule has 2 heteroatoms. The zero-order valence-corrected chi connectivity index (χ0v) is 9.83. The maximum absolute atomic E-state index is 11.1. The molecule has 0 aliphatic heterocycles. The van der Waals surface area contributed by atoms with Gasteiger partial charge in [0.1, 0.15) is 0 Å². The van der Waals surface area contributed by atoms with Gasteiger partial charge in [-0.3, -0.25) is 4.79 Å². The van der Waals surface area contributed by atoms with Crippen LogP contribution in [-0.4, -0.2) is 11.1 Å². The number of rotatable bonds is 2. The molecule has 0 saturated heterocycles. The Bertz CT molecular complexity index is 249. The molecule has 0 spiro atoms. The van der Waals surface area contributed by atoms with Gasteiger partial charge < -0.3 is 5.11 Å². The first-order valence-corrected chi connectivity index (χ1v) is 6.28. The van der Waals surface area contributed by atoms with E-state index in [0.29, 0.717) is 11.8 Å². The third kappa shape index (κ3) is 1.91. The molecule has 0 aromatic carbocycles. The van der Waals surface area contributed by atoms with E-state index < -0.39 is 5.97 Å². The summed E-state index contributed by atoms with van der Waals surface area (Å²) in [7, 11) is 0. The van der Waals surface area contributed by atoms with Crippen LogP contribution in [-0.2, 0) is 4.79 Å². The molecule has 0 heterocycles. The Hall–Kier alpha value is -0.530. The first-order chi connectivity index (χ1) is 7.05. The number of hydrogen-bond acceptors (Lipinski definition) is 1. The first kappa shape index (κ1) is 11.0. The Morgan fingerprint density at radius 1 is 1.13 bits per heavy atom. The number of carbonyl (C=O) groups is 1. The average molecular weight is 210 g/mol. The molecule has 86 valence electrons. The number of aliphatic carboxylic acids is 1. The quantitative estimate of drug-likeness (QED) is 0.710. The van der Waals surface area contributed by atoms with Gasteiger partial charge >= 0.3 is 5.97 Å². The molecule has 2 fully saturated rings. The lowest BCUT2D eigenvalue weighted by Crippen LogP contribution is -2.07. The second kappa shape index (κ2) is 3.80. The van der Waals surface area contributed by atoms with Gasteiger partial charge in [-0.1, -0.05) is 52.4 Å². The van der Waals surface area contributed by atoms with Crippen molar-refractivity contribution in [1.29, 1.82) is 0 Å². The second-order valence-corrected chi connectivity index (χ2v) is 5.91. The van der Waals surface area contributed by atoms with Crippen molar-refractivity contribution in [2.45, 2.75) is 52.4 Å². The van der Waals surface area contributed by atoms with Gasteiger partial charge in [-0.05, 0) is 17.3 Å². The number of carboxylic acid groups (broad SMARTS) is 1. The van der Waals surface area contributed by atoms with E-state index in [4.69, 9.17) is 5.11 Å². The van der Waals surface area contributed by atoms with Crippen LogP contribution in [0.15, 0.2) is 0 Å². The SMILES string of the molecule is CC1(C)C(C(=O)O)C1C1CCCCCC1. The number of hydrogen-bond donors (Lipinski definition) is 1. The summed E-state index contributed by atoms with van der Waals surface area (Å²) in [5.41, 5.74) is 0.0564. The van der Waals surface area contributed by atoms with E-state index in [-0.39, 0.29) is 11.3 Å². The largest absolute Gasteiger partial charge is 0.481 e. The normalized spacial score (nSPS) is 35.9. The molecule has 2 aliphatic carbocycles. The minimum absolute atomic E-state index is 0.0564. The molecule has 2 rings (SSSR count). The molecule has 2 unspecified atom stereocenters. The van der Waals surface area contributed by atoms with Crippen LogP contribution in [0, 0.1) is 23.2 Å². The second-order valence-electron chi connectivity index (χ2n) is 5.91. The lowest BCUT2D eigenvalue weighted by Gasteiger charge is -2.15. The molecule has 2 atom stereocenters. The lowest BCUT2D eigenvalue weighted by atomic mass is 9.90. The van der Waals surface area contributed by atoms with Crippen molar-refractivity contribution in [2.24, 2.45) is 23.2 Å². The molecule has 2 saturated carbocycles. The van der Waals surface area contributed by atoms with Gasteiger partial charge in [0.05, 0.1) is 5.92 Å². The summed E-state index contributed by atoms with van der Waals surface area (Å²) in [5.74, 6) is 0.492. The van der Waals surface area contributed by atoms with Crippen LogP contribution in [0.4, 0.5) is 0 Å². The van der Waals surface area contributed by atoms with Crippen LogP contribution in [0.1, 0.15) is 52.4 Å².